The fraction of sp³-hybridized carbons (Fsp3) is 0.368. The van der Waals surface area contributed by atoms with Gasteiger partial charge in [-0.25, -0.2) is 0 Å². The molecule has 1 fully saturated rings. The first-order valence-corrected chi connectivity index (χ1v) is 8.52. The van der Waals surface area contributed by atoms with E-state index in [1.165, 1.54) is 24.0 Å². The standard InChI is InChI=1S/C19H18Cl2/c20-14-8-5-12(6-9-14)11-17(21)19-16-10-7-13-3-1-2-4-15(13)18(16)19/h1-6,8-9,16-19H,7,10-11H2. The lowest BCUT2D eigenvalue weighted by molar-refractivity contribution is 0.610. The van der Waals surface area contributed by atoms with Crippen molar-refractivity contribution in [3.05, 3.63) is 70.2 Å². The van der Waals surface area contributed by atoms with Crippen LogP contribution in [0.4, 0.5) is 0 Å². The molecule has 1 saturated carbocycles. The maximum absolute atomic E-state index is 6.76. The highest BCUT2D eigenvalue weighted by atomic mass is 35.5. The molecular formula is C19H18Cl2. The van der Waals surface area contributed by atoms with Gasteiger partial charge in [0.05, 0.1) is 0 Å². The minimum Gasteiger partial charge on any atom is -0.122 e. The molecule has 108 valence electrons. The quantitative estimate of drug-likeness (QED) is 0.659. The predicted octanol–water partition coefficient (Wildman–Crippen LogP) is 5.47. The number of fused-ring (bicyclic) bond motifs is 3. The van der Waals surface area contributed by atoms with E-state index in [4.69, 9.17) is 23.2 Å². The van der Waals surface area contributed by atoms with Crippen molar-refractivity contribution in [1.82, 2.24) is 0 Å². The highest BCUT2D eigenvalue weighted by Crippen LogP contribution is 2.62. The second-order valence-corrected chi connectivity index (χ2v) is 7.35. The molecule has 0 aliphatic heterocycles. The average molecular weight is 317 g/mol. The number of hydrogen-bond donors (Lipinski definition) is 0. The van der Waals surface area contributed by atoms with Gasteiger partial charge in [0.2, 0.25) is 0 Å². The summed E-state index contributed by atoms with van der Waals surface area (Å²) >= 11 is 12.7. The Morgan fingerprint density at radius 1 is 1.05 bits per heavy atom. The van der Waals surface area contributed by atoms with Crippen LogP contribution in [-0.4, -0.2) is 5.38 Å². The van der Waals surface area contributed by atoms with E-state index in [0.717, 1.165) is 17.4 Å². The molecule has 0 radical (unpaired) electrons. The summed E-state index contributed by atoms with van der Waals surface area (Å²) in [7, 11) is 0. The average Bonchev–Trinajstić information content (AvgIpc) is 3.25. The van der Waals surface area contributed by atoms with Gasteiger partial charge in [0.25, 0.3) is 0 Å². The van der Waals surface area contributed by atoms with Gasteiger partial charge in [-0.2, -0.15) is 0 Å². The van der Waals surface area contributed by atoms with Gasteiger partial charge in [0.1, 0.15) is 0 Å². The lowest BCUT2D eigenvalue weighted by Gasteiger charge is -2.13. The monoisotopic (exact) mass is 316 g/mol. The molecule has 4 unspecified atom stereocenters. The maximum Gasteiger partial charge on any atom is 0.0413 e. The van der Waals surface area contributed by atoms with Crippen LogP contribution in [0.15, 0.2) is 48.5 Å². The molecule has 2 aliphatic rings. The van der Waals surface area contributed by atoms with Gasteiger partial charge in [-0.15, -0.1) is 11.6 Å². The van der Waals surface area contributed by atoms with Crippen LogP contribution in [0.5, 0.6) is 0 Å². The van der Waals surface area contributed by atoms with E-state index >= 15 is 0 Å². The van der Waals surface area contributed by atoms with E-state index in [9.17, 15) is 0 Å². The van der Waals surface area contributed by atoms with Gasteiger partial charge in [0, 0.05) is 10.4 Å². The molecule has 0 spiro atoms. The zero-order valence-electron chi connectivity index (χ0n) is 11.8. The molecule has 0 aromatic heterocycles. The predicted molar refractivity (Wildman–Crippen MR) is 89.3 cm³/mol. The first-order valence-electron chi connectivity index (χ1n) is 7.70. The molecule has 2 aromatic carbocycles. The highest BCUT2D eigenvalue weighted by molar-refractivity contribution is 6.30. The Morgan fingerprint density at radius 2 is 1.81 bits per heavy atom. The van der Waals surface area contributed by atoms with Crippen LogP contribution in [0.3, 0.4) is 0 Å². The Balaban J connectivity index is 1.50. The van der Waals surface area contributed by atoms with Crippen LogP contribution in [0, 0.1) is 11.8 Å². The van der Waals surface area contributed by atoms with Crippen LogP contribution in [0.1, 0.15) is 29.0 Å². The van der Waals surface area contributed by atoms with Gasteiger partial charge < -0.3 is 0 Å². The third kappa shape index (κ3) is 2.49. The van der Waals surface area contributed by atoms with E-state index in [-0.39, 0.29) is 5.38 Å². The molecule has 2 aliphatic carbocycles. The summed E-state index contributed by atoms with van der Waals surface area (Å²) < 4.78 is 0. The molecule has 0 nitrogen and oxygen atoms in total. The normalized spacial score (nSPS) is 27.6. The Hall–Kier alpha value is -0.980. The van der Waals surface area contributed by atoms with Crippen LogP contribution < -0.4 is 0 Å². The summed E-state index contributed by atoms with van der Waals surface area (Å²) in [4.78, 5) is 0. The fourth-order valence-electron chi connectivity index (χ4n) is 4.09. The Kier molecular flexibility index (Phi) is 3.47. The van der Waals surface area contributed by atoms with Crippen molar-refractivity contribution in [2.45, 2.75) is 30.6 Å². The van der Waals surface area contributed by atoms with E-state index < -0.39 is 0 Å². The summed E-state index contributed by atoms with van der Waals surface area (Å²) in [6, 6.07) is 17.0. The van der Waals surface area contributed by atoms with Crippen molar-refractivity contribution in [3.63, 3.8) is 0 Å². The largest absolute Gasteiger partial charge is 0.122 e. The molecule has 0 saturated heterocycles. The van der Waals surface area contributed by atoms with E-state index in [2.05, 4.69) is 36.4 Å². The second kappa shape index (κ2) is 5.34. The third-order valence-corrected chi connectivity index (χ3v) is 5.85. The summed E-state index contributed by atoms with van der Waals surface area (Å²) in [5.74, 6) is 2.14. The number of aryl methyl sites for hydroxylation is 1. The van der Waals surface area contributed by atoms with Gasteiger partial charge in [-0.1, -0.05) is 48.0 Å². The van der Waals surface area contributed by atoms with Gasteiger partial charge >= 0.3 is 0 Å². The maximum atomic E-state index is 6.76. The van der Waals surface area contributed by atoms with Gasteiger partial charge in [-0.05, 0) is 65.8 Å². The number of hydrogen-bond acceptors (Lipinski definition) is 0. The van der Waals surface area contributed by atoms with Crippen molar-refractivity contribution in [2.75, 3.05) is 0 Å². The SMILES string of the molecule is Clc1ccc(CC(Cl)C2C3CCc4ccccc4C32)cc1. The summed E-state index contributed by atoms with van der Waals surface area (Å²) in [5, 5.41) is 1.02. The molecule has 0 amide bonds. The lowest BCUT2D eigenvalue weighted by atomic mass is 9.92. The molecular weight excluding hydrogens is 299 g/mol. The minimum absolute atomic E-state index is 0.229. The molecule has 2 aromatic rings. The number of benzene rings is 2. The lowest BCUT2D eigenvalue weighted by Crippen LogP contribution is -2.08. The molecule has 4 atom stereocenters. The number of halogens is 2. The van der Waals surface area contributed by atoms with Crippen molar-refractivity contribution < 1.29 is 0 Å². The van der Waals surface area contributed by atoms with Crippen molar-refractivity contribution >= 4 is 23.2 Å². The molecule has 0 bridgehead atoms. The fourth-order valence-corrected chi connectivity index (χ4v) is 4.74. The van der Waals surface area contributed by atoms with Crippen molar-refractivity contribution in [1.29, 1.82) is 0 Å². The Labute approximate surface area is 136 Å². The Bertz CT molecular complexity index is 647. The van der Waals surface area contributed by atoms with Gasteiger partial charge in [-0.3, -0.25) is 0 Å². The van der Waals surface area contributed by atoms with E-state index in [1.54, 1.807) is 5.56 Å². The zero-order chi connectivity index (χ0) is 14.4. The summed E-state index contributed by atoms with van der Waals surface area (Å²) in [6.45, 7) is 0. The van der Waals surface area contributed by atoms with Crippen molar-refractivity contribution in [3.8, 4) is 0 Å². The smallest absolute Gasteiger partial charge is 0.0413 e. The van der Waals surface area contributed by atoms with Crippen LogP contribution >= 0.6 is 23.2 Å². The topological polar surface area (TPSA) is 0 Å². The number of alkyl halides is 1. The summed E-state index contributed by atoms with van der Waals surface area (Å²) in [5.41, 5.74) is 4.38. The molecule has 0 heterocycles. The van der Waals surface area contributed by atoms with E-state index in [0.29, 0.717) is 11.8 Å². The summed E-state index contributed by atoms with van der Waals surface area (Å²) in [6.07, 6.45) is 3.47. The van der Waals surface area contributed by atoms with Crippen LogP contribution in [0.25, 0.3) is 0 Å². The first kappa shape index (κ1) is 13.7. The minimum atomic E-state index is 0.229. The molecule has 2 heteroatoms. The second-order valence-electron chi connectivity index (χ2n) is 6.35. The molecule has 4 rings (SSSR count). The number of rotatable bonds is 3. The molecule has 0 N–H and O–H groups in total. The van der Waals surface area contributed by atoms with Crippen LogP contribution in [-0.2, 0) is 12.8 Å². The van der Waals surface area contributed by atoms with Gasteiger partial charge in [0.15, 0.2) is 0 Å². The zero-order valence-corrected chi connectivity index (χ0v) is 13.3. The highest BCUT2D eigenvalue weighted by Gasteiger charge is 2.55. The molecule has 21 heavy (non-hydrogen) atoms. The van der Waals surface area contributed by atoms with Crippen molar-refractivity contribution in [2.24, 2.45) is 11.8 Å². The van der Waals surface area contributed by atoms with E-state index in [1.807, 2.05) is 12.1 Å². The first-order chi connectivity index (χ1) is 10.2. The Morgan fingerprint density at radius 3 is 2.62 bits per heavy atom. The third-order valence-electron chi connectivity index (χ3n) is 5.15. The van der Waals surface area contributed by atoms with Crippen LogP contribution in [0.2, 0.25) is 5.02 Å².